The molecule has 0 aliphatic heterocycles. The maximum absolute atomic E-state index is 11.7. The van der Waals surface area contributed by atoms with E-state index < -0.39 is 0 Å². The van der Waals surface area contributed by atoms with Crippen LogP contribution in [0.15, 0.2) is 18.3 Å². The summed E-state index contributed by atoms with van der Waals surface area (Å²) in [7, 11) is 0. The maximum atomic E-state index is 11.7. The van der Waals surface area contributed by atoms with Gasteiger partial charge in [0.05, 0.1) is 13.2 Å². The van der Waals surface area contributed by atoms with E-state index in [0.717, 1.165) is 18.2 Å². The highest BCUT2D eigenvalue weighted by Crippen LogP contribution is 2.16. The van der Waals surface area contributed by atoms with Crippen molar-refractivity contribution in [3.05, 3.63) is 23.9 Å². The zero-order valence-electron chi connectivity index (χ0n) is 11.2. The van der Waals surface area contributed by atoms with Crippen LogP contribution in [0.25, 0.3) is 0 Å². The van der Waals surface area contributed by atoms with Crippen LogP contribution in [0.4, 0.5) is 0 Å². The highest BCUT2D eigenvalue weighted by atomic mass is 79.9. The number of nitrogens with zero attached hydrogens (tertiary/aromatic N) is 1. The second-order valence-electron chi connectivity index (χ2n) is 4.03. The van der Waals surface area contributed by atoms with Gasteiger partial charge < -0.3 is 9.47 Å². The summed E-state index contributed by atoms with van der Waals surface area (Å²) in [5.41, 5.74) is 0.393. The van der Waals surface area contributed by atoms with Crippen molar-refractivity contribution in [2.75, 3.05) is 18.5 Å². The van der Waals surface area contributed by atoms with Gasteiger partial charge in [0.25, 0.3) is 0 Å². The fraction of sp³-hybridized carbons (Fsp3) is 0.571. The Morgan fingerprint density at radius 1 is 1.32 bits per heavy atom. The summed E-state index contributed by atoms with van der Waals surface area (Å²) in [4.78, 5) is 15.8. The van der Waals surface area contributed by atoms with Crippen molar-refractivity contribution in [2.24, 2.45) is 0 Å². The summed E-state index contributed by atoms with van der Waals surface area (Å²) in [6.45, 7) is 2.70. The third kappa shape index (κ3) is 6.05. The van der Waals surface area contributed by atoms with Crippen LogP contribution in [0.3, 0.4) is 0 Å². The molecule has 0 aliphatic rings. The summed E-state index contributed by atoms with van der Waals surface area (Å²) >= 11 is 3.40. The molecule has 1 aromatic rings. The van der Waals surface area contributed by atoms with E-state index in [1.54, 1.807) is 25.3 Å². The molecule has 0 aromatic carbocycles. The van der Waals surface area contributed by atoms with Crippen molar-refractivity contribution >= 4 is 21.9 Å². The van der Waals surface area contributed by atoms with E-state index in [4.69, 9.17) is 9.47 Å². The van der Waals surface area contributed by atoms with Gasteiger partial charge in [-0.3, -0.25) is 0 Å². The molecule has 0 saturated heterocycles. The minimum atomic E-state index is -0.384. The maximum Gasteiger partial charge on any atom is 0.343 e. The van der Waals surface area contributed by atoms with Crippen LogP contribution in [0, 0.1) is 0 Å². The van der Waals surface area contributed by atoms with Crippen LogP contribution >= 0.6 is 15.9 Å². The molecule has 0 bridgehead atoms. The number of halogens is 1. The van der Waals surface area contributed by atoms with Crippen molar-refractivity contribution in [1.29, 1.82) is 0 Å². The molecule has 5 heteroatoms. The Morgan fingerprint density at radius 3 is 2.84 bits per heavy atom. The average Bonchev–Trinajstić information content (AvgIpc) is 2.43. The van der Waals surface area contributed by atoms with Crippen molar-refractivity contribution in [3.63, 3.8) is 0 Å². The highest BCUT2D eigenvalue weighted by Gasteiger charge is 2.14. The second-order valence-corrected chi connectivity index (χ2v) is 4.82. The Hall–Kier alpha value is -1.10. The first kappa shape index (κ1) is 16.0. The van der Waals surface area contributed by atoms with Gasteiger partial charge in [-0.05, 0) is 31.9 Å². The number of ether oxygens (including phenoxy) is 2. The van der Waals surface area contributed by atoms with Crippen LogP contribution < -0.4 is 4.74 Å². The van der Waals surface area contributed by atoms with Gasteiger partial charge in [0.15, 0.2) is 0 Å². The molecule has 0 spiro atoms. The van der Waals surface area contributed by atoms with Gasteiger partial charge in [-0.15, -0.1) is 0 Å². The minimum Gasteiger partial charge on any atom is -0.477 e. The number of hydrogen-bond donors (Lipinski definition) is 0. The number of aromatic nitrogens is 1. The SMILES string of the molecule is CCOC(=O)c1cccnc1OCCCCCCBr. The molecule has 19 heavy (non-hydrogen) atoms. The largest absolute Gasteiger partial charge is 0.477 e. The lowest BCUT2D eigenvalue weighted by Crippen LogP contribution is -2.09. The zero-order chi connectivity index (χ0) is 13.9. The van der Waals surface area contributed by atoms with Crippen molar-refractivity contribution < 1.29 is 14.3 Å². The van der Waals surface area contributed by atoms with Gasteiger partial charge in [0.2, 0.25) is 5.88 Å². The highest BCUT2D eigenvalue weighted by molar-refractivity contribution is 9.09. The Labute approximate surface area is 122 Å². The van der Waals surface area contributed by atoms with E-state index in [0.29, 0.717) is 24.7 Å². The van der Waals surface area contributed by atoms with E-state index in [9.17, 15) is 4.79 Å². The molecular weight excluding hydrogens is 310 g/mol. The fourth-order valence-electron chi connectivity index (χ4n) is 1.59. The molecule has 0 aliphatic carbocycles. The fourth-order valence-corrected chi connectivity index (χ4v) is 1.99. The number of carbonyl (C=O) groups excluding carboxylic acids is 1. The standard InChI is InChI=1S/C14H20BrNO3/c1-2-18-14(17)12-8-7-10-16-13(12)19-11-6-4-3-5-9-15/h7-8,10H,2-6,9,11H2,1H3. The lowest BCUT2D eigenvalue weighted by Gasteiger charge is -2.09. The predicted molar refractivity (Wildman–Crippen MR) is 78.0 cm³/mol. The number of rotatable bonds is 9. The number of carbonyl (C=O) groups is 1. The van der Waals surface area contributed by atoms with Gasteiger partial charge in [-0.1, -0.05) is 28.8 Å². The van der Waals surface area contributed by atoms with Crippen LogP contribution in [0.5, 0.6) is 5.88 Å². The molecular formula is C14H20BrNO3. The molecule has 0 amide bonds. The van der Waals surface area contributed by atoms with Crippen molar-refractivity contribution in [2.45, 2.75) is 32.6 Å². The summed E-state index contributed by atoms with van der Waals surface area (Å²) in [5.74, 6) is -0.0219. The van der Waals surface area contributed by atoms with Crippen molar-refractivity contribution in [1.82, 2.24) is 4.98 Å². The second kappa shape index (κ2) is 9.78. The monoisotopic (exact) mass is 329 g/mol. The Morgan fingerprint density at radius 2 is 2.11 bits per heavy atom. The van der Waals surface area contributed by atoms with Gasteiger partial charge in [-0.2, -0.15) is 0 Å². The first-order chi connectivity index (χ1) is 9.29. The number of alkyl halides is 1. The van der Waals surface area contributed by atoms with E-state index in [1.165, 1.54) is 12.8 Å². The van der Waals surface area contributed by atoms with E-state index in [2.05, 4.69) is 20.9 Å². The third-order valence-corrected chi connectivity index (χ3v) is 3.09. The summed E-state index contributed by atoms with van der Waals surface area (Å²) in [5, 5.41) is 1.04. The van der Waals surface area contributed by atoms with Gasteiger partial charge in [0.1, 0.15) is 5.56 Å². The minimum absolute atomic E-state index is 0.347. The zero-order valence-corrected chi connectivity index (χ0v) is 12.8. The molecule has 1 rings (SSSR count). The predicted octanol–water partition coefficient (Wildman–Crippen LogP) is 3.59. The number of unbranched alkanes of at least 4 members (excludes halogenated alkanes) is 3. The molecule has 1 heterocycles. The average molecular weight is 330 g/mol. The first-order valence-corrected chi connectivity index (χ1v) is 7.72. The summed E-state index contributed by atoms with van der Waals surface area (Å²) in [6.07, 6.45) is 6.06. The van der Waals surface area contributed by atoms with E-state index >= 15 is 0 Å². The van der Waals surface area contributed by atoms with Crippen molar-refractivity contribution in [3.8, 4) is 5.88 Å². The summed E-state index contributed by atoms with van der Waals surface area (Å²) < 4.78 is 10.5. The quantitative estimate of drug-likeness (QED) is 0.394. The summed E-state index contributed by atoms with van der Waals surface area (Å²) in [6, 6.07) is 3.38. The number of pyridine rings is 1. The first-order valence-electron chi connectivity index (χ1n) is 6.60. The molecule has 0 unspecified atom stereocenters. The van der Waals surface area contributed by atoms with Gasteiger partial charge in [0, 0.05) is 11.5 Å². The van der Waals surface area contributed by atoms with Crippen LogP contribution in [-0.4, -0.2) is 29.5 Å². The van der Waals surface area contributed by atoms with Crippen LogP contribution in [0.1, 0.15) is 43.0 Å². The Balaban J connectivity index is 2.42. The number of hydrogen-bond acceptors (Lipinski definition) is 4. The molecule has 0 fully saturated rings. The normalized spacial score (nSPS) is 10.2. The number of esters is 1. The van der Waals surface area contributed by atoms with Crippen LogP contribution in [0.2, 0.25) is 0 Å². The molecule has 0 saturated carbocycles. The molecule has 0 radical (unpaired) electrons. The molecule has 0 atom stereocenters. The topological polar surface area (TPSA) is 48.4 Å². The van der Waals surface area contributed by atoms with E-state index in [1.807, 2.05) is 0 Å². The third-order valence-electron chi connectivity index (χ3n) is 2.53. The molecule has 4 nitrogen and oxygen atoms in total. The van der Waals surface area contributed by atoms with Crippen LogP contribution in [-0.2, 0) is 4.74 Å². The molecule has 106 valence electrons. The lowest BCUT2D eigenvalue weighted by molar-refractivity contribution is 0.0520. The molecule has 1 aromatic heterocycles. The Kier molecular flexibility index (Phi) is 8.21. The van der Waals surface area contributed by atoms with Gasteiger partial charge in [-0.25, -0.2) is 9.78 Å². The van der Waals surface area contributed by atoms with E-state index in [-0.39, 0.29) is 5.97 Å². The Bertz CT molecular complexity index is 385. The lowest BCUT2D eigenvalue weighted by atomic mass is 10.2. The van der Waals surface area contributed by atoms with Gasteiger partial charge >= 0.3 is 5.97 Å². The molecule has 0 N–H and O–H groups in total. The smallest absolute Gasteiger partial charge is 0.343 e.